The van der Waals surface area contributed by atoms with Gasteiger partial charge in [0.2, 0.25) is 0 Å². The Morgan fingerprint density at radius 3 is 2.59 bits per heavy atom. The highest BCUT2D eigenvalue weighted by Gasteiger charge is 2.14. The number of rotatable bonds is 8. The summed E-state index contributed by atoms with van der Waals surface area (Å²) in [7, 11) is 0. The molecule has 0 unspecified atom stereocenters. The zero-order valence-electron chi connectivity index (χ0n) is 15.7. The average Bonchev–Trinajstić information content (AvgIpc) is 2.77. The molecule has 29 heavy (non-hydrogen) atoms. The van der Waals surface area contributed by atoms with Gasteiger partial charge >= 0.3 is 0 Å². The first kappa shape index (κ1) is 20.0. The first-order valence-electron chi connectivity index (χ1n) is 9.00. The van der Waals surface area contributed by atoms with Gasteiger partial charge in [0.05, 0.1) is 24.1 Å². The summed E-state index contributed by atoms with van der Waals surface area (Å²) in [6.45, 7) is 0.761. The molecule has 2 aromatic carbocycles. The molecular weight excluding hydrogens is 370 g/mol. The molecule has 0 spiro atoms. The second-order valence-electron chi connectivity index (χ2n) is 6.12. The van der Waals surface area contributed by atoms with E-state index in [4.69, 9.17) is 16.2 Å². The Kier molecular flexibility index (Phi) is 6.49. The van der Waals surface area contributed by atoms with Gasteiger partial charge in [0.15, 0.2) is 5.69 Å². The number of nitrogens with zero attached hydrogens (tertiary/aromatic N) is 2. The van der Waals surface area contributed by atoms with Crippen molar-refractivity contribution in [2.45, 2.75) is 6.54 Å². The predicted molar refractivity (Wildman–Crippen MR) is 108 cm³/mol. The van der Waals surface area contributed by atoms with E-state index in [2.05, 4.69) is 15.3 Å². The normalized spacial score (nSPS) is 10.4. The number of hydrogen-bond acceptors (Lipinski definition) is 6. The lowest BCUT2D eigenvalue weighted by Gasteiger charge is -2.09. The fourth-order valence-electron chi connectivity index (χ4n) is 2.67. The van der Waals surface area contributed by atoms with Crippen LogP contribution in [0.3, 0.4) is 0 Å². The number of nitrogens with two attached hydrogens (primary N) is 2. The maximum Gasteiger partial charge on any atom is 0.269 e. The van der Waals surface area contributed by atoms with Crippen LogP contribution in [0.15, 0.2) is 60.8 Å². The molecule has 3 rings (SSSR count). The summed E-state index contributed by atoms with van der Waals surface area (Å²) in [4.78, 5) is 32.4. The first-order chi connectivity index (χ1) is 14.1. The molecule has 0 saturated heterocycles. The van der Waals surface area contributed by atoms with E-state index in [9.17, 15) is 9.59 Å². The van der Waals surface area contributed by atoms with Gasteiger partial charge in [-0.25, -0.2) is 4.98 Å². The SMILES string of the molecule is NCc1ncc(-c2cccc(C(=O)NCCOc3ccccc3)c2)nc1C(N)=O. The Hall–Kier alpha value is -3.78. The number of carbonyl (C=O) groups is 2. The maximum atomic E-state index is 12.4. The molecule has 5 N–H and O–H groups in total. The Morgan fingerprint density at radius 1 is 1.07 bits per heavy atom. The van der Waals surface area contributed by atoms with Crippen LogP contribution in [0.2, 0.25) is 0 Å². The molecule has 0 saturated carbocycles. The zero-order valence-corrected chi connectivity index (χ0v) is 15.7. The summed E-state index contributed by atoms with van der Waals surface area (Å²) >= 11 is 0. The van der Waals surface area contributed by atoms with E-state index in [0.717, 1.165) is 5.75 Å². The van der Waals surface area contributed by atoms with Crippen molar-refractivity contribution in [3.8, 4) is 17.0 Å². The van der Waals surface area contributed by atoms with Gasteiger partial charge < -0.3 is 21.5 Å². The van der Waals surface area contributed by atoms with Gasteiger partial charge in [-0.3, -0.25) is 14.6 Å². The molecule has 3 aromatic rings. The summed E-state index contributed by atoms with van der Waals surface area (Å²) in [5, 5.41) is 2.81. The Morgan fingerprint density at radius 2 is 1.86 bits per heavy atom. The van der Waals surface area contributed by atoms with Crippen molar-refractivity contribution < 1.29 is 14.3 Å². The standard InChI is InChI=1S/C21H21N5O3/c22-12-17-19(20(23)27)26-18(13-25-17)14-5-4-6-15(11-14)21(28)24-9-10-29-16-7-2-1-3-8-16/h1-8,11,13H,9-10,12,22H2,(H2,23,27)(H,24,28). The van der Waals surface area contributed by atoms with Crippen LogP contribution in [0, 0.1) is 0 Å². The second kappa shape index (κ2) is 9.43. The largest absolute Gasteiger partial charge is 0.492 e. The number of amides is 2. The van der Waals surface area contributed by atoms with E-state index in [1.807, 2.05) is 30.3 Å². The Labute approximate surface area is 167 Å². The van der Waals surface area contributed by atoms with Crippen molar-refractivity contribution in [2.24, 2.45) is 11.5 Å². The van der Waals surface area contributed by atoms with Crippen LogP contribution < -0.4 is 21.5 Å². The zero-order chi connectivity index (χ0) is 20.6. The number of aromatic nitrogens is 2. The second-order valence-corrected chi connectivity index (χ2v) is 6.12. The third-order valence-electron chi connectivity index (χ3n) is 4.10. The molecular formula is C21H21N5O3. The number of benzene rings is 2. The van der Waals surface area contributed by atoms with Gasteiger partial charge in [-0.2, -0.15) is 0 Å². The van der Waals surface area contributed by atoms with Crippen molar-refractivity contribution in [2.75, 3.05) is 13.2 Å². The molecule has 0 radical (unpaired) electrons. The summed E-state index contributed by atoms with van der Waals surface area (Å²) in [6, 6.07) is 16.2. The molecule has 0 atom stereocenters. The minimum atomic E-state index is -0.702. The highest BCUT2D eigenvalue weighted by Crippen LogP contribution is 2.19. The number of para-hydroxylation sites is 1. The minimum absolute atomic E-state index is 0.0258. The van der Waals surface area contributed by atoms with Crippen molar-refractivity contribution in [3.63, 3.8) is 0 Å². The monoisotopic (exact) mass is 391 g/mol. The van der Waals surface area contributed by atoms with Crippen LogP contribution in [0.1, 0.15) is 26.5 Å². The van der Waals surface area contributed by atoms with E-state index < -0.39 is 5.91 Å². The van der Waals surface area contributed by atoms with Crippen molar-refractivity contribution in [1.29, 1.82) is 0 Å². The number of primary amides is 1. The van der Waals surface area contributed by atoms with Crippen LogP contribution in [0.25, 0.3) is 11.3 Å². The van der Waals surface area contributed by atoms with Crippen molar-refractivity contribution >= 4 is 11.8 Å². The van der Waals surface area contributed by atoms with Gasteiger partial charge in [0, 0.05) is 17.7 Å². The highest BCUT2D eigenvalue weighted by molar-refractivity contribution is 5.95. The lowest BCUT2D eigenvalue weighted by atomic mass is 10.1. The van der Waals surface area contributed by atoms with Gasteiger partial charge in [-0.15, -0.1) is 0 Å². The van der Waals surface area contributed by atoms with Crippen molar-refractivity contribution in [3.05, 3.63) is 77.7 Å². The van der Waals surface area contributed by atoms with E-state index >= 15 is 0 Å². The molecule has 0 aliphatic heterocycles. The first-order valence-corrected chi connectivity index (χ1v) is 9.00. The van der Waals surface area contributed by atoms with Crippen LogP contribution in [-0.2, 0) is 6.54 Å². The third-order valence-corrected chi connectivity index (χ3v) is 4.10. The topological polar surface area (TPSA) is 133 Å². The van der Waals surface area contributed by atoms with E-state index in [-0.39, 0.29) is 18.1 Å². The number of carbonyl (C=O) groups excluding carboxylic acids is 2. The van der Waals surface area contributed by atoms with Gasteiger partial charge in [0.1, 0.15) is 12.4 Å². The van der Waals surface area contributed by atoms with Crippen LogP contribution in [0.4, 0.5) is 0 Å². The van der Waals surface area contributed by atoms with Crippen LogP contribution >= 0.6 is 0 Å². The smallest absolute Gasteiger partial charge is 0.269 e. The van der Waals surface area contributed by atoms with Gasteiger partial charge in [-0.1, -0.05) is 30.3 Å². The maximum absolute atomic E-state index is 12.4. The minimum Gasteiger partial charge on any atom is -0.492 e. The summed E-state index contributed by atoms with van der Waals surface area (Å²) in [5.74, 6) is -0.203. The van der Waals surface area contributed by atoms with E-state index in [0.29, 0.717) is 35.7 Å². The number of ether oxygens (including phenoxy) is 1. The lowest BCUT2D eigenvalue weighted by Crippen LogP contribution is -2.28. The molecule has 1 aromatic heterocycles. The Balaban J connectivity index is 1.66. The van der Waals surface area contributed by atoms with Crippen LogP contribution in [0.5, 0.6) is 5.75 Å². The summed E-state index contributed by atoms with van der Waals surface area (Å²) in [5.41, 5.74) is 12.8. The predicted octanol–water partition coefficient (Wildman–Crippen LogP) is 1.51. The van der Waals surface area contributed by atoms with Crippen molar-refractivity contribution in [1.82, 2.24) is 15.3 Å². The van der Waals surface area contributed by atoms with Gasteiger partial charge in [0.25, 0.3) is 11.8 Å². The molecule has 0 bridgehead atoms. The van der Waals surface area contributed by atoms with E-state index in [1.54, 1.807) is 24.3 Å². The highest BCUT2D eigenvalue weighted by atomic mass is 16.5. The fourth-order valence-corrected chi connectivity index (χ4v) is 2.67. The van der Waals surface area contributed by atoms with Crippen LogP contribution in [-0.4, -0.2) is 34.9 Å². The molecule has 8 nitrogen and oxygen atoms in total. The Bertz CT molecular complexity index is 1010. The fraction of sp³-hybridized carbons (Fsp3) is 0.143. The summed E-state index contributed by atoms with van der Waals surface area (Å²) in [6.07, 6.45) is 1.50. The molecule has 148 valence electrons. The quantitative estimate of drug-likeness (QED) is 0.499. The third kappa shape index (κ3) is 5.14. The molecule has 2 amide bonds. The molecule has 0 fully saturated rings. The number of hydrogen-bond donors (Lipinski definition) is 3. The molecule has 1 heterocycles. The summed E-state index contributed by atoms with van der Waals surface area (Å²) < 4.78 is 5.56. The lowest BCUT2D eigenvalue weighted by molar-refractivity contribution is 0.0945. The number of nitrogens with one attached hydrogen (secondary N) is 1. The van der Waals surface area contributed by atoms with Gasteiger partial charge in [-0.05, 0) is 24.3 Å². The van der Waals surface area contributed by atoms with E-state index in [1.165, 1.54) is 6.20 Å². The molecule has 0 aliphatic rings. The molecule has 0 aliphatic carbocycles. The molecule has 8 heteroatoms. The average molecular weight is 391 g/mol.